The highest BCUT2D eigenvalue weighted by Gasteiger charge is 2.36. The van der Waals surface area contributed by atoms with Crippen molar-refractivity contribution in [3.63, 3.8) is 0 Å². The lowest BCUT2D eigenvalue weighted by atomic mass is 9.93. The molecule has 0 aromatic carbocycles. The van der Waals surface area contributed by atoms with Crippen LogP contribution in [0.2, 0.25) is 0 Å². The van der Waals surface area contributed by atoms with E-state index >= 15 is 0 Å². The van der Waals surface area contributed by atoms with Gasteiger partial charge in [0.2, 0.25) is 0 Å². The van der Waals surface area contributed by atoms with Gasteiger partial charge in [-0.05, 0) is 45.4 Å². The van der Waals surface area contributed by atoms with Gasteiger partial charge in [0.25, 0.3) is 0 Å². The summed E-state index contributed by atoms with van der Waals surface area (Å²) >= 11 is 0. The summed E-state index contributed by atoms with van der Waals surface area (Å²) in [5, 5.41) is 18.9. The van der Waals surface area contributed by atoms with Crippen molar-refractivity contribution in [2.75, 3.05) is 0 Å². The van der Waals surface area contributed by atoms with Crippen LogP contribution in [0, 0.1) is 17.2 Å². The topological polar surface area (TPSA) is 53.2 Å². The van der Waals surface area contributed by atoms with Crippen LogP contribution in [0.15, 0.2) is 0 Å². The molecule has 98 valence electrons. The Morgan fingerprint density at radius 2 is 2.12 bits per heavy atom. The van der Waals surface area contributed by atoms with E-state index < -0.39 is 11.7 Å². The van der Waals surface area contributed by atoms with Crippen LogP contribution in [0.5, 0.6) is 0 Å². The molecule has 1 N–H and O–H groups in total. The molecule has 0 amide bonds. The van der Waals surface area contributed by atoms with Crippen molar-refractivity contribution in [2.45, 2.75) is 77.1 Å². The Labute approximate surface area is 105 Å². The third-order valence-electron chi connectivity index (χ3n) is 4.02. The van der Waals surface area contributed by atoms with E-state index in [0.29, 0.717) is 0 Å². The highest BCUT2D eigenvalue weighted by molar-refractivity contribution is 5.03. The van der Waals surface area contributed by atoms with E-state index in [1.807, 2.05) is 6.92 Å². The second-order valence-corrected chi connectivity index (χ2v) is 5.37. The molecular weight excluding hydrogens is 214 g/mol. The van der Waals surface area contributed by atoms with Crippen molar-refractivity contribution in [1.82, 2.24) is 0 Å². The second-order valence-electron chi connectivity index (χ2n) is 5.37. The maximum Gasteiger partial charge on any atom is 0.154 e. The van der Waals surface area contributed by atoms with Crippen molar-refractivity contribution in [1.29, 1.82) is 5.26 Å². The van der Waals surface area contributed by atoms with Gasteiger partial charge in [0, 0.05) is 0 Å². The average molecular weight is 239 g/mol. The highest BCUT2D eigenvalue weighted by atomic mass is 16.5. The van der Waals surface area contributed by atoms with Gasteiger partial charge in [-0.15, -0.1) is 0 Å². The van der Waals surface area contributed by atoms with Gasteiger partial charge < -0.3 is 9.84 Å². The lowest BCUT2D eigenvalue weighted by Crippen LogP contribution is -2.38. The molecule has 0 heterocycles. The first-order chi connectivity index (χ1) is 8.03. The Balaban J connectivity index is 2.65. The molecule has 1 rings (SSSR count). The third-order valence-corrected chi connectivity index (χ3v) is 4.02. The monoisotopic (exact) mass is 239 g/mol. The van der Waals surface area contributed by atoms with Crippen LogP contribution in [0.1, 0.15) is 59.3 Å². The van der Waals surface area contributed by atoms with Gasteiger partial charge in [-0.25, -0.2) is 0 Å². The predicted octanol–water partition coefficient (Wildman–Crippen LogP) is 3.02. The van der Waals surface area contributed by atoms with Crippen molar-refractivity contribution in [2.24, 2.45) is 5.92 Å². The van der Waals surface area contributed by atoms with E-state index in [2.05, 4.69) is 13.0 Å². The van der Waals surface area contributed by atoms with Crippen LogP contribution >= 0.6 is 0 Å². The van der Waals surface area contributed by atoms with Crippen molar-refractivity contribution < 1.29 is 9.84 Å². The van der Waals surface area contributed by atoms with E-state index in [9.17, 15) is 10.4 Å². The fourth-order valence-corrected chi connectivity index (χ4v) is 2.50. The van der Waals surface area contributed by atoms with E-state index in [-0.39, 0.29) is 6.10 Å². The third kappa shape index (κ3) is 3.97. The minimum atomic E-state index is -0.666. The van der Waals surface area contributed by atoms with Gasteiger partial charge in [0.15, 0.2) is 5.60 Å². The van der Waals surface area contributed by atoms with E-state index in [4.69, 9.17) is 4.74 Å². The molecule has 0 saturated heterocycles. The first kappa shape index (κ1) is 14.5. The number of nitrogens with zero attached hydrogens (tertiary/aromatic N) is 1. The average Bonchev–Trinajstić information content (AvgIpc) is 2.52. The molecule has 3 heteroatoms. The fourth-order valence-electron chi connectivity index (χ4n) is 2.50. The number of hydrogen-bond donors (Lipinski definition) is 1. The molecule has 0 aromatic rings. The maximum absolute atomic E-state index is 9.50. The predicted molar refractivity (Wildman–Crippen MR) is 67.4 cm³/mol. The second kappa shape index (κ2) is 6.37. The summed E-state index contributed by atoms with van der Waals surface area (Å²) in [6.45, 7) is 5.76. The minimum absolute atomic E-state index is 0.271. The molecule has 0 spiro atoms. The van der Waals surface area contributed by atoms with Gasteiger partial charge in [-0.3, -0.25) is 0 Å². The van der Waals surface area contributed by atoms with Crippen molar-refractivity contribution >= 4 is 0 Å². The first-order valence-corrected chi connectivity index (χ1v) is 6.80. The smallest absolute Gasteiger partial charge is 0.154 e. The van der Waals surface area contributed by atoms with E-state index in [1.54, 1.807) is 6.92 Å². The number of hydrogen-bond acceptors (Lipinski definition) is 3. The molecule has 0 aromatic heterocycles. The molecular formula is C14H25NO2. The maximum atomic E-state index is 9.50. The van der Waals surface area contributed by atoms with Crippen LogP contribution in [-0.4, -0.2) is 22.9 Å². The standard InChI is InChI=1S/C14H25NO2/c1-4-13-6-5-8-14(10-15,9-7-13)17-12(3)11(2)16/h11-13,16H,4-9H2,1-3H3. The molecule has 4 atom stereocenters. The van der Waals surface area contributed by atoms with Crippen LogP contribution in [-0.2, 0) is 4.74 Å². The lowest BCUT2D eigenvalue weighted by Gasteiger charge is -2.30. The van der Waals surface area contributed by atoms with Crippen molar-refractivity contribution in [3.05, 3.63) is 0 Å². The number of aliphatic hydroxyl groups excluding tert-OH is 1. The Bertz CT molecular complexity index is 272. The van der Waals surface area contributed by atoms with Gasteiger partial charge in [0.1, 0.15) is 0 Å². The van der Waals surface area contributed by atoms with Gasteiger partial charge in [-0.2, -0.15) is 5.26 Å². The molecule has 1 saturated carbocycles. The summed E-state index contributed by atoms with van der Waals surface area (Å²) < 4.78 is 5.85. The fraction of sp³-hybridized carbons (Fsp3) is 0.929. The summed E-state index contributed by atoms with van der Waals surface area (Å²) in [5.41, 5.74) is -0.666. The molecule has 0 bridgehead atoms. The molecule has 1 fully saturated rings. The number of rotatable bonds is 4. The zero-order valence-corrected chi connectivity index (χ0v) is 11.3. The summed E-state index contributed by atoms with van der Waals surface area (Å²) in [4.78, 5) is 0. The molecule has 4 unspecified atom stereocenters. The van der Waals surface area contributed by atoms with E-state index in [1.165, 1.54) is 12.8 Å². The molecule has 1 aliphatic rings. The Hall–Kier alpha value is -0.590. The molecule has 0 radical (unpaired) electrons. The Morgan fingerprint density at radius 3 is 2.65 bits per heavy atom. The van der Waals surface area contributed by atoms with Gasteiger partial charge in [-0.1, -0.05) is 19.8 Å². The zero-order valence-electron chi connectivity index (χ0n) is 11.3. The first-order valence-electron chi connectivity index (χ1n) is 6.80. The summed E-state index contributed by atoms with van der Waals surface area (Å²) in [5.74, 6) is 0.732. The minimum Gasteiger partial charge on any atom is -0.391 e. The molecule has 1 aliphatic carbocycles. The van der Waals surface area contributed by atoms with Gasteiger partial charge >= 0.3 is 0 Å². The quantitative estimate of drug-likeness (QED) is 0.767. The summed E-state index contributed by atoms with van der Waals surface area (Å²) in [6, 6.07) is 2.35. The Morgan fingerprint density at radius 1 is 1.41 bits per heavy atom. The summed E-state index contributed by atoms with van der Waals surface area (Å²) in [7, 11) is 0. The van der Waals surface area contributed by atoms with Gasteiger partial charge in [0.05, 0.1) is 18.3 Å². The number of ether oxygens (including phenoxy) is 1. The zero-order chi connectivity index (χ0) is 12.9. The Kier molecular flexibility index (Phi) is 5.42. The van der Waals surface area contributed by atoms with Crippen LogP contribution in [0.3, 0.4) is 0 Å². The molecule has 0 aliphatic heterocycles. The van der Waals surface area contributed by atoms with Crippen LogP contribution in [0.4, 0.5) is 0 Å². The van der Waals surface area contributed by atoms with Crippen molar-refractivity contribution in [3.8, 4) is 6.07 Å². The molecule has 3 nitrogen and oxygen atoms in total. The summed E-state index contributed by atoms with van der Waals surface area (Å²) in [6.07, 6.45) is 5.32. The highest BCUT2D eigenvalue weighted by Crippen LogP contribution is 2.35. The van der Waals surface area contributed by atoms with Crippen LogP contribution in [0.25, 0.3) is 0 Å². The largest absolute Gasteiger partial charge is 0.391 e. The SMILES string of the molecule is CCC1CCCC(C#N)(OC(C)C(C)O)CC1. The number of aliphatic hydroxyl groups is 1. The number of nitriles is 1. The van der Waals surface area contributed by atoms with Crippen LogP contribution < -0.4 is 0 Å². The lowest BCUT2D eigenvalue weighted by molar-refractivity contribution is -0.102. The van der Waals surface area contributed by atoms with E-state index in [0.717, 1.165) is 31.6 Å². The molecule has 17 heavy (non-hydrogen) atoms. The normalized spacial score (nSPS) is 33.5.